The zero-order chi connectivity index (χ0) is 28.5. The topological polar surface area (TPSA) is 81.1 Å². The molecule has 3 heterocycles. The van der Waals surface area contributed by atoms with Gasteiger partial charge in [0.1, 0.15) is 6.67 Å². The van der Waals surface area contributed by atoms with Crippen LogP contribution in [0.5, 0.6) is 5.75 Å². The normalized spacial score (nSPS) is 16.7. The maximum absolute atomic E-state index is 14.1. The van der Waals surface area contributed by atoms with Crippen LogP contribution < -0.4 is 15.2 Å². The van der Waals surface area contributed by atoms with Gasteiger partial charge in [-0.15, -0.1) is 11.8 Å². The quantitative estimate of drug-likeness (QED) is 0.308. The molecule has 1 amide bonds. The third kappa shape index (κ3) is 4.92. The van der Waals surface area contributed by atoms with Gasteiger partial charge in [-0.3, -0.25) is 19.3 Å². The minimum absolute atomic E-state index is 0.00264. The Morgan fingerprint density at radius 2 is 1.66 bits per heavy atom. The van der Waals surface area contributed by atoms with Crippen LogP contribution in [0, 0.1) is 0 Å². The number of amides is 1. The Labute approximate surface area is 242 Å². The van der Waals surface area contributed by atoms with E-state index >= 15 is 0 Å². The second kappa shape index (κ2) is 11.3. The Kier molecular flexibility index (Phi) is 7.38. The number of hydrogen-bond acceptors (Lipinski definition) is 7. The Hall–Kier alpha value is -4.34. The molecule has 2 aliphatic heterocycles. The number of benzene rings is 3. The largest absolute Gasteiger partial charge is 0.416 e. The van der Waals surface area contributed by atoms with E-state index in [-0.39, 0.29) is 35.8 Å². The van der Waals surface area contributed by atoms with Gasteiger partial charge in [-0.2, -0.15) is 0 Å². The summed E-state index contributed by atoms with van der Waals surface area (Å²) < 4.78 is 12.8. The van der Waals surface area contributed by atoms with E-state index in [0.29, 0.717) is 6.61 Å². The molecule has 0 spiro atoms. The van der Waals surface area contributed by atoms with E-state index in [1.807, 2.05) is 31.2 Å². The van der Waals surface area contributed by atoms with Crippen molar-refractivity contribution in [1.29, 1.82) is 0 Å². The van der Waals surface area contributed by atoms with Crippen LogP contribution in [0.1, 0.15) is 50.5 Å². The summed E-state index contributed by atoms with van der Waals surface area (Å²) in [5.74, 6) is -0.615. The van der Waals surface area contributed by atoms with Gasteiger partial charge in [-0.05, 0) is 41.8 Å². The zero-order valence-electron chi connectivity index (χ0n) is 22.7. The first-order valence-corrected chi connectivity index (χ1v) is 14.4. The molecule has 0 saturated carbocycles. The van der Waals surface area contributed by atoms with Crippen molar-refractivity contribution in [2.75, 3.05) is 25.4 Å². The van der Waals surface area contributed by atoms with Crippen molar-refractivity contribution in [2.45, 2.75) is 29.7 Å². The van der Waals surface area contributed by atoms with Crippen LogP contribution in [0.4, 0.5) is 0 Å². The highest BCUT2D eigenvalue weighted by Gasteiger charge is 2.40. The van der Waals surface area contributed by atoms with Crippen LogP contribution in [-0.4, -0.2) is 47.9 Å². The molecule has 0 radical (unpaired) electrons. The molecule has 2 aliphatic rings. The molecule has 0 fully saturated rings. The molecular weight excluding hydrogens is 538 g/mol. The number of rotatable bonds is 6. The van der Waals surface area contributed by atoms with Crippen LogP contribution in [0.25, 0.3) is 0 Å². The van der Waals surface area contributed by atoms with Crippen molar-refractivity contribution >= 4 is 23.6 Å². The van der Waals surface area contributed by atoms with Crippen molar-refractivity contribution in [2.24, 2.45) is 0 Å². The van der Waals surface area contributed by atoms with E-state index in [4.69, 9.17) is 9.47 Å². The minimum atomic E-state index is -0.709. The van der Waals surface area contributed by atoms with Gasteiger partial charge in [-0.25, -0.2) is 4.79 Å². The monoisotopic (exact) mass is 567 g/mol. The fourth-order valence-corrected chi connectivity index (χ4v) is 6.55. The van der Waals surface area contributed by atoms with Crippen LogP contribution >= 0.6 is 11.8 Å². The number of methoxy groups -OCH3 is 1. The number of carbonyl (C=O) groups excluding carboxylic acids is 2. The maximum atomic E-state index is 14.1. The minimum Gasteiger partial charge on any atom is -0.416 e. The first-order chi connectivity index (χ1) is 20.0. The predicted molar refractivity (Wildman–Crippen MR) is 157 cm³/mol. The highest BCUT2D eigenvalue weighted by atomic mass is 32.2. The van der Waals surface area contributed by atoms with Gasteiger partial charge in [0.2, 0.25) is 11.2 Å². The zero-order valence-corrected chi connectivity index (χ0v) is 23.5. The summed E-state index contributed by atoms with van der Waals surface area (Å²) in [7, 11) is 1.59. The van der Waals surface area contributed by atoms with E-state index in [9.17, 15) is 14.4 Å². The van der Waals surface area contributed by atoms with E-state index in [2.05, 4.69) is 29.3 Å². The summed E-state index contributed by atoms with van der Waals surface area (Å²) >= 11 is 1.77. The Balaban J connectivity index is 1.56. The van der Waals surface area contributed by atoms with E-state index in [1.165, 1.54) is 11.6 Å². The highest BCUT2D eigenvalue weighted by Crippen LogP contribution is 2.43. The SMILES string of the molecule is COCC(C)N1CN(C2c3ccccc3CSc3ccccc32)n2ccc(=O)c(OC(=O)c3ccccc3)c2C1=O. The molecule has 0 aliphatic carbocycles. The van der Waals surface area contributed by atoms with E-state index in [0.717, 1.165) is 21.8 Å². The van der Waals surface area contributed by atoms with Gasteiger partial charge in [0.25, 0.3) is 5.91 Å². The van der Waals surface area contributed by atoms with Gasteiger partial charge in [0.05, 0.1) is 24.3 Å². The second-order valence-corrected chi connectivity index (χ2v) is 11.1. The molecule has 41 heavy (non-hydrogen) atoms. The number of nitrogens with zero attached hydrogens (tertiary/aromatic N) is 3. The molecule has 6 rings (SSSR count). The summed E-state index contributed by atoms with van der Waals surface area (Å²) in [5, 5.41) is 2.06. The molecule has 0 N–H and O–H groups in total. The summed E-state index contributed by atoms with van der Waals surface area (Å²) in [5.41, 5.74) is 3.11. The van der Waals surface area contributed by atoms with Crippen LogP contribution in [-0.2, 0) is 10.5 Å². The van der Waals surface area contributed by atoms with Crippen molar-refractivity contribution in [3.8, 4) is 5.75 Å². The lowest BCUT2D eigenvalue weighted by molar-refractivity contribution is 0.0467. The number of pyridine rings is 1. The number of carbonyl (C=O) groups is 2. The molecular formula is C32H29N3O5S. The summed E-state index contributed by atoms with van der Waals surface area (Å²) in [6.07, 6.45) is 1.59. The van der Waals surface area contributed by atoms with Crippen LogP contribution in [0.2, 0.25) is 0 Å². The highest BCUT2D eigenvalue weighted by molar-refractivity contribution is 7.98. The van der Waals surface area contributed by atoms with Crippen molar-refractivity contribution in [1.82, 2.24) is 9.58 Å². The molecule has 2 atom stereocenters. The summed E-state index contributed by atoms with van der Waals surface area (Å²) in [6.45, 7) is 2.42. The summed E-state index contributed by atoms with van der Waals surface area (Å²) in [6, 6.07) is 25.7. The van der Waals surface area contributed by atoms with Gasteiger partial charge >= 0.3 is 5.97 Å². The molecule has 1 aromatic heterocycles. The van der Waals surface area contributed by atoms with E-state index in [1.54, 1.807) is 65.0 Å². The standard InChI is InChI=1S/C32H29N3O5S/c1-21(18-39-2)33-20-35(28-24-13-7-6-12-23(24)19-41-27-15-9-8-14-25(27)28)34-17-16-26(36)30(29(34)31(33)37)40-32(38)22-10-4-3-5-11-22/h3-17,21,28H,18-20H2,1-2H3. The molecule has 208 valence electrons. The molecule has 8 nitrogen and oxygen atoms in total. The number of hydrogen-bond donors (Lipinski definition) is 0. The summed E-state index contributed by atoms with van der Waals surface area (Å²) in [4.78, 5) is 43.2. The molecule has 9 heteroatoms. The van der Waals surface area contributed by atoms with Crippen molar-refractivity contribution in [3.63, 3.8) is 0 Å². The predicted octanol–water partition coefficient (Wildman–Crippen LogP) is 4.85. The number of thioether (sulfide) groups is 1. The molecule has 3 aromatic carbocycles. The lowest BCUT2D eigenvalue weighted by Gasteiger charge is -2.46. The molecule has 0 bridgehead atoms. The average molecular weight is 568 g/mol. The maximum Gasteiger partial charge on any atom is 0.343 e. The first-order valence-electron chi connectivity index (χ1n) is 13.4. The van der Waals surface area contributed by atoms with Crippen molar-refractivity contribution in [3.05, 3.63) is 129 Å². The number of aromatic nitrogens is 1. The van der Waals surface area contributed by atoms with E-state index < -0.39 is 17.3 Å². The van der Waals surface area contributed by atoms with Crippen LogP contribution in [0.3, 0.4) is 0 Å². The first kappa shape index (κ1) is 26.9. The fraction of sp³-hybridized carbons (Fsp3) is 0.219. The van der Waals surface area contributed by atoms with Gasteiger partial charge in [-0.1, -0.05) is 60.7 Å². The van der Waals surface area contributed by atoms with Gasteiger partial charge in [0, 0.05) is 30.0 Å². The third-order valence-corrected chi connectivity index (χ3v) is 8.60. The number of ether oxygens (including phenoxy) is 2. The fourth-order valence-electron chi connectivity index (χ4n) is 5.46. The number of esters is 1. The molecule has 4 aromatic rings. The molecule has 2 unspecified atom stereocenters. The van der Waals surface area contributed by atoms with Crippen LogP contribution in [0.15, 0.2) is 101 Å². The average Bonchev–Trinajstić information content (AvgIpc) is 3.16. The Bertz CT molecular complexity index is 1620. The Morgan fingerprint density at radius 1 is 0.951 bits per heavy atom. The lowest BCUT2D eigenvalue weighted by Crippen LogP contribution is -2.58. The van der Waals surface area contributed by atoms with Gasteiger partial charge in [0.15, 0.2) is 5.69 Å². The van der Waals surface area contributed by atoms with Gasteiger partial charge < -0.3 is 14.4 Å². The second-order valence-electron chi connectivity index (χ2n) is 10.0. The number of fused-ring (bicyclic) bond motifs is 3. The lowest BCUT2D eigenvalue weighted by atomic mass is 9.94. The molecule has 0 saturated heterocycles. The van der Waals surface area contributed by atoms with Crippen molar-refractivity contribution < 1.29 is 19.1 Å². The Morgan fingerprint density at radius 3 is 2.44 bits per heavy atom. The smallest absolute Gasteiger partial charge is 0.343 e. The third-order valence-electron chi connectivity index (χ3n) is 7.46.